The van der Waals surface area contributed by atoms with Crippen LogP contribution in [0.4, 0.5) is 19.3 Å². The summed E-state index contributed by atoms with van der Waals surface area (Å²) in [4.78, 5) is 11.6. The lowest BCUT2D eigenvalue weighted by molar-refractivity contribution is 0.250. The summed E-state index contributed by atoms with van der Waals surface area (Å²) in [5, 5.41) is 5.01. The minimum Gasteiger partial charge on any atom is -0.338 e. The first-order valence-electron chi connectivity index (χ1n) is 7.15. The maximum Gasteiger partial charge on any atom is 0.319 e. The molecule has 0 atom stereocenters. The summed E-state index contributed by atoms with van der Waals surface area (Å²) in [7, 11) is 0. The van der Waals surface area contributed by atoms with E-state index in [4.69, 9.17) is 0 Å². The summed E-state index contributed by atoms with van der Waals surface area (Å²) in [6.45, 7) is 0.563. The van der Waals surface area contributed by atoms with Crippen LogP contribution in [0.2, 0.25) is 0 Å². The predicted octanol–water partition coefficient (Wildman–Crippen LogP) is 4.06. The van der Waals surface area contributed by atoms with E-state index in [0.29, 0.717) is 12.5 Å². The van der Waals surface area contributed by atoms with Gasteiger partial charge in [0.25, 0.3) is 0 Å². The Hall–Kier alpha value is -1.65. The van der Waals surface area contributed by atoms with E-state index >= 15 is 0 Å². The van der Waals surface area contributed by atoms with Crippen LogP contribution < -0.4 is 10.6 Å². The van der Waals surface area contributed by atoms with E-state index in [0.717, 1.165) is 24.6 Å². The molecule has 0 spiro atoms. The van der Waals surface area contributed by atoms with Crippen molar-refractivity contribution in [3.05, 3.63) is 29.8 Å². The Morgan fingerprint density at radius 2 is 1.95 bits per heavy atom. The summed E-state index contributed by atoms with van der Waals surface area (Å²) in [6, 6.07) is 2.48. The van der Waals surface area contributed by atoms with Crippen molar-refractivity contribution in [2.75, 3.05) is 11.9 Å². The SMILES string of the molecule is O=C(NCCC1CCCCC1)Nc1cc(F)ccc1F. The van der Waals surface area contributed by atoms with Gasteiger partial charge in [-0.25, -0.2) is 13.6 Å². The van der Waals surface area contributed by atoms with E-state index in [1.807, 2.05) is 0 Å². The van der Waals surface area contributed by atoms with Crippen LogP contribution in [0, 0.1) is 17.6 Å². The van der Waals surface area contributed by atoms with E-state index in [2.05, 4.69) is 10.6 Å². The number of urea groups is 1. The molecule has 0 aromatic heterocycles. The van der Waals surface area contributed by atoms with Crippen LogP contribution in [-0.4, -0.2) is 12.6 Å². The number of amides is 2. The predicted molar refractivity (Wildman–Crippen MR) is 74.6 cm³/mol. The molecule has 2 N–H and O–H groups in total. The van der Waals surface area contributed by atoms with Gasteiger partial charge in [0, 0.05) is 12.6 Å². The lowest BCUT2D eigenvalue weighted by Gasteiger charge is -2.21. The van der Waals surface area contributed by atoms with Gasteiger partial charge in [0.05, 0.1) is 5.69 Å². The van der Waals surface area contributed by atoms with Gasteiger partial charge >= 0.3 is 6.03 Å². The second kappa shape index (κ2) is 7.22. The van der Waals surface area contributed by atoms with Crippen LogP contribution in [0.5, 0.6) is 0 Å². The molecule has 2 rings (SSSR count). The third-order valence-electron chi connectivity index (χ3n) is 3.74. The van der Waals surface area contributed by atoms with E-state index in [1.165, 1.54) is 32.1 Å². The third-order valence-corrected chi connectivity index (χ3v) is 3.74. The maximum atomic E-state index is 13.3. The largest absolute Gasteiger partial charge is 0.338 e. The van der Waals surface area contributed by atoms with Crippen molar-refractivity contribution in [3.8, 4) is 0 Å². The van der Waals surface area contributed by atoms with E-state index in [1.54, 1.807) is 0 Å². The van der Waals surface area contributed by atoms with Gasteiger partial charge in [-0.2, -0.15) is 0 Å². The zero-order chi connectivity index (χ0) is 14.4. The van der Waals surface area contributed by atoms with E-state index in [9.17, 15) is 13.6 Å². The minimum absolute atomic E-state index is 0.139. The molecule has 0 aliphatic heterocycles. The van der Waals surface area contributed by atoms with Gasteiger partial charge in [0.15, 0.2) is 0 Å². The fourth-order valence-corrected chi connectivity index (χ4v) is 2.63. The second-order valence-corrected chi connectivity index (χ2v) is 5.30. The standard InChI is InChI=1S/C15H20F2N2O/c16-12-6-7-13(17)14(10-12)19-15(20)18-9-8-11-4-2-1-3-5-11/h6-7,10-11H,1-5,8-9H2,(H2,18,19,20). The highest BCUT2D eigenvalue weighted by atomic mass is 19.1. The van der Waals surface area contributed by atoms with Gasteiger partial charge in [-0.15, -0.1) is 0 Å². The smallest absolute Gasteiger partial charge is 0.319 e. The lowest BCUT2D eigenvalue weighted by Crippen LogP contribution is -2.31. The molecule has 0 bridgehead atoms. The maximum absolute atomic E-state index is 13.3. The fraction of sp³-hybridized carbons (Fsp3) is 0.533. The van der Waals surface area contributed by atoms with Crippen LogP contribution in [-0.2, 0) is 0 Å². The van der Waals surface area contributed by atoms with Crippen molar-refractivity contribution in [2.24, 2.45) is 5.92 Å². The molecule has 3 nitrogen and oxygen atoms in total. The molecule has 1 aliphatic carbocycles. The number of halogens is 2. The summed E-state index contributed by atoms with van der Waals surface area (Å²) in [5.74, 6) is -0.548. The van der Waals surface area contributed by atoms with E-state index < -0.39 is 17.7 Å². The zero-order valence-corrected chi connectivity index (χ0v) is 11.4. The minimum atomic E-state index is -0.645. The Kier molecular flexibility index (Phi) is 5.32. The quantitative estimate of drug-likeness (QED) is 0.859. The Morgan fingerprint density at radius 3 is 2.70 bits per heavy atom. The Bertz CT molecular complexity index is 459. The van der Waals surface area contributed by atoms with Crippen molar-refractivity contribution < 1.29 is 13.6 Å². The number of nitrogens with one attached hydrogen (secondary N) is 2. The molecule has 0 radical (unpaired) electrons. The van der Waals surface area contributed by atoms with Crippen molar-refractivity contribution in [1.82, 2.24) is 5.32 Å². The van der Waals surface area contributed by atoms with Gasteiger partial charge in [0.1, 0.15) is 11.6 Å². The normalized spacial score (nSPS) is 15.9. The van der Waals surface area contributed by atoms with Crippen molar-refractivity contribution in [2.45, 2.75) is 38.5 Å². The molecule has 2 amide bonds. The average Bonchev–Trinajstić information content (AvgIpc) is 2.44. The average molecular weight is 282 g/mol. The highest BCUT2D eigenvalue weighted by Gasteiger charge is 2.13. The van der Waals surface area contributed by atoms with E-state index in [-0.39, 0.29) is 5.69 Å². The molecular formula is C15H20F2N2O. The number of benzene rings is 1. The third kappa shape index (κ3) is 4.47. The van der Waals surface area contributed by atoms with Gasteiger partial charge < -0.3 is 10.6 Å². The summed E-state index contributed by atoms with van der Waals surface area (Å²) >= 11 is 0. The molecule has 0 unspecified atom stereocenters. The monoisotopic (exact) mass is 282 g/mol. The Morgan fingerprint density at radius 1 is 1.20 bits per heavy atom. The molecule has 0 saturated heterocycles. The first-order valence-corrected chi connectivity index (χ1v) is 7.15. The molecule has 1 saturated carbocycles. The van der Waals surface area contributed by atoms with Gasteiger partial charge in [-0.3, -0.25) is 0 Å². The van der Waals surface area contributed by atoms with Crippen LogP contribution in [0.25, 0.3) is 0 Å². The van der Waals surface area contributed by atoms with Crippen LogP contribution in [0.3, 0.4) is 0 Å². The molecule has 1 fully saturated rings. The molecule has 110 valence electrons. The number of rotatable bonds is 4. The number of carbonyl (C=O) groups excluding carboxylic acids is 1. The number of carbonyl (C=O) groups is 1. The number of hydrogen-bond donors (Lipinski definition) is 2. The summed E-state index contributed by atoms with van der Waals surface area (Å²) in [5.41, 5.74) is -0.139. The Labute approximate surface area is 117 Å². The highest BCUT2D eigenvalue weighted by molar-refractivity contribution is 5.89. The Balaban J connectivity index is 1.73. The van der Waals surface area contributed by atoms with Crippen LogP contribution in [0.1, 0.15) is 38.5 Å². The highest BCUT2D eigenvalue weighted by Crippen LogP contribution is 2.25. The molecule has 1 aromatic rings. The first kappa shape index (κ1) is 14.8. The summed E-state index contributed by atoms with van der Waals surface area (Å²) in [6.07, 6.45) is 7.24. The second-order valence-electron chi connectivity index (χ2n) is 5.30. The van der Waals surface area contributed by atoms with Crippen LogP contribution in [0.15, 0.2) is 18.2 Å². The van der Waals surface area contributed by atoms with Gasteiger partial charge in [0.2, 0.25) is 0 Å². The van der Waals surface area contributed by atoms with Gasteiger partial charge in [-0.1, -0.05) is 32.1 Å². The molecule has 1 aliphatic rings. The zero-order valence-electron chi connectivity index (χ0n) is 11.4. The molecule has 20 heavy (non-hydrogen) atoms. The molecule has 0 heterocycles. The molecule has 5 heteroatoms. The molecule has 1 aromatic carbocycles. The van der Waals surface area contributed by atoms with Crippen molar-refractivity contribution in [1.29, 1.82) is 0 Å². The van der Waals surface area contributed by atoms with Crippen LogP contribution >= 0.6 is 0 Å². The van der Waals surface area contributed by atoms with Gasteiger partial charge in [-0.05, 0) is 24.5 Å². The topological polar surface area (TPSA) is 41.1 Å². The van der Waals surface area contributed by atoms with Crippen molar-refractivity contribution in [3.63, 3.8) is 0 Å². The lowest BCUT2D eigenvalue weighted by atomic mass is 9.87. The number of hydrogen-bond acceptors (Lipinski definition) is 1. The van der Waals surface area contributed by atoms with Crippen molar-refractivity contribution >= 4 is 11.7 Å². The molecular weight excluding hydrogens is 262 g/mol. The summed E-state index contributed by atoms with van der Waals surface area (Å²) < 4.78 is 26.3. The first-order chi connectivity index (χ1) is 9.65. The fourth-order valence-electron chi connectivity index (χ4n) is 2.63. The number of anilines is 1.